The van der Waals surface area contributed by atoms with E-state index in [4.69, 9.17) is 11.6 Å². The van der Waals surface area contributed by atoms with E-state index in [2.05, 4.69) is 4.99 Å². The van der Waals surface area contributed by atoms with Crippen LogP contribution in [-0.2, 0) is 14.6 Å². The van der Waals surface area contributed by atoms with Crippen LogP contribution in [0.4, 0.5) is 5.69 Å². The van der Waals surface area contributed by atoms with E-state index in [9.17, 15) is 13.2 Å². The van der Waals surface area contributed by atoms with Gasteiger partial charge < -0.3 is 4.90 Å². The van der Waals surface area contributed by atoms with Crippen LogP contribution >= 0.6 is 23.4 Å². The highest BCUT2D eigenvalue weighted by Gasteiger charge is 2.49. The number of carbonyl (C=O) groups is 1. The second-order valence-electron chi connectivity index (χ2n) is 5.69. The molecule has 0 aliphatic carbocycles. The number of amidine groups is 1. The van der Waals surface area contributed by atoms with Crippen molar-refractivity contribution in [3.05, 3.63) is 29.3 Å². The molecule has 2 aliphatic rings. The van der Waals surface area contributed by atoms with Crippen molar-refractivity contribution in [1.82, 2.24) is 0 Å². The minimum atomic E-state index is -3.05. The van der Waals surface area contributed by atoms with Crippen molar-refractivity contribution in [1.29, 1.82) is 0 Å². The van der Waals surface area contributed by atoms with Gasteiger partial charge in [-0.1, -0.05) is 36.4 Å². The maximum Gasteiger partial charge on any atom is 0.248 e. The van der Waals surface area contributed by atoms with Gasteiger partial charge in [0.1, 0.15) is 0 Å². The molecule has 124 valence electrons. The van der Waals surface area contributed by atoms with Crippen molar-refractivity contribution in [2.45, 2.75) is 31.1 Å². The second-order valence-corrected chi connectivity index (χ2v) is 9.49. The molecule has 0 radical (unpaired) electrons. The van der Waals surface area contributed by atoms with Gasteiger partial charge in [0.2, 0.25) is 5.91 Å². The Morgan fingerprint density at radius 2 is 2.22 bits per heavy atom. The predicted molar refractivity (Wildman–Crippen MR) is 95.1 cm³/mol. The Balaban J connectivity index is 1.99. The van der Waals surface area contributed by atoms with Crippen LogP contribution in [0.5, 0.6) is 0 Å². The van der Waals surface area contributed by atoms with Crippen LogP contribution in [0.3, 0.4) is 0 Å². The van der Waals surface area contributed by atoms with Crippen LogP contribution in [-0.4, -0.2) is 42.3 Å². The summed E-state index contributed by atoms with van der Waals surface area (Å²) < 4.78 is 23.9. The van der Waals surface area contributed by atoms with Crippen LogP contribution in [0.25, 0.3) is 0 Å². The molecule has 1 aromatic carbocycles. The number of hydrogen-bond acceptors (Lipinski definition) is 4. The number of fused-ring (bicyclic) bond motifs is 1. The molecule has 5 nitrogen and oxygen atoms in total. The number of halogens is 1. The first kappa shape index (κ1) is 16.8. The standard InChI is InChI=1S/C15H17ClN2O3S2/c1-2-4-14(19)17-15-18(11-6-3-5-10(16)7-11)12-8-23(20,21)9-13(12)22-15/h3,5-7,12-13H,2,4,8-9H2,1H3/t12-,13+/m0/s1. The lowest BCUT2D eigenvalue weighted by Gasteiger charge is -2.24. The number of aliphatic imine (C=N–C) groups is 1. The number of thioether (sulfide) groups is 1. The van der Waals surface area contributed by atoms with E-state index in [0.29, 0.717) is 16.6 Å². The third-order valence-corrected chi connectivity index (χ3v) is 7.28. The lowest BCUT2D eigenvalue weighted by Crippen LogP contribution is -2.37. The summed E-state index contributed by atoms with van der Waals surface area (Å²) >= 11 is 7.45. The molecule has 0 N–H and O–H groups in total. The molecule has 1 aromatic rings. The van der Waals surface area contributed by atoms with Crippen LogP contribution < -0.4 is 4.90 Å². The van der Waals surface area contributed by atoms with Gasteiger partial charge in [-0.25, -0.2) is 8.42 Å². The first-order valence-electron chi connectivity index (χ1n) is 7.43. The minimum absolute atomic E-state index is 0.0815. The lowest BCUT2D eigenvalue weighted by molar-refractivity contribution is -0.117. The summed E-state index contributed by atoms with van der Waals surface area (Å²) in [5.41, 5.74) is 0.776. The highest BCUT2D eigenvalue weighted by molar-refractivity contribution is 8.16. The van der Waals surface area contributed by atoms with E-state index in [1.807, 2.05) is 24.0 Å². The zero-order chi connectivity index (χ0) is 16.6. The monoisotopic (exact) mass is 372 g/mol. The number of hydrogen-bond donors (Lipinski definition) is 0. The normalized spacial score (nSPS) is 27.4. The molecule has 2 heterocycles. The third kappa shape index (κ3) is 3.56. The fourth-order valence-corrected chi connectivity index (χ4v) is 6.98. The Bertz CT molecular complexity index is 764. The second kappa shape index (κ2) is 6.45. The van der Waals surface area contributed by atoms with Crippen molar-refractivity contribution in [3.8, 4) is 0 Å². The Morgan fingerprint density at radius 3 is 2.91 bits per heavy atom. The molecule has 23 heavy (non-hydrogen) atoms. The summed E-state index contributed by atoms with van der Waals surface area (Å²) in [6.07, 6.45) is 1.12. The number of anilines is 1. The van der Waals surface area contributed by atoms with Crippen LogP contribution in [0.15, 0.2) is 29.3 Å². The molecule has 2 fully saturated rings. The summed E-state index contributed by atoms with van der Waals surface area (Å²) in [4.78, 5) is 18.0. The molecule has 2 saturated heterocycles. The topological polar surface area (TPSA) is 66.8 Å². The third-order valence-electron chi connectivity index (χ3n) is 3.84. The van der Waals surface area contributed by atoms with Gasteiger partial charge >= 0.3 is 0 Å². The number of rotatable bonds is 3. The van der Waals surface area contributed by atoms with Gasteiger partial charge in [0.05, 0.1) is 17.5 Å². The SMILES string of the molecule is CCCC(=O)N=C1S[C@@H]2CS(=O)(=O)C[C@@H]2N1c1cccc(Cl)c1. The molecule has 0 spiro atoms. The average molecular weight is 373 g/mol. The summed E-state index contributed by atoms with van der Waals surface area (Å²) in [6.45, 7) is 1.93. The first-order chi connectivity index (χ1) is 10.9. The van der Waals surface area contributed by atoms with Gasteiger partial charge in [-0.15, -0.1) is 0 Å². The van der Waals surface area contributed by atoms with Crippen molar-refractivity contribution in [2.24, 2.45) is 4.99 Å². The summed E-state index contributed by atoms with van der Waals surface area (Å²) in [5, 5.41) is 1.05. The lowest BCUT2D eigenvalue weighted by atomic mass is 10.2. The molecule has 0 aromatic heterocycles. The van der Waals surface area contributed by atoms with Crippen molar-refractivity contribution < 1.29 is 13.2 Å². The van der Waals surface area contributed by atoms with Gasteiger partial charge in [0, 0.05) is 22.4 Å². The largest absolute Gasteiger partial charge is 0.316 e. The number of sulfone groups is 1. The molecular weight excluding hydrogens is 356 g/mol. The van der Waals surface area contributed by atoms with Gasteiger partial charge in [-0.05, 0) is 24.6 Å². The molecule has 2 aliphatic heterocycles. The fraction of sp³-hybridized carbons (Fsp3) is 0.467. The van der Waals surface area contributed by atoms with Crippen LogP contribution in [0, 0.1) is 0 Å². The Morgan fingerprint density at radius 1 is 1.43 bits per heavy atom. The predicted octanol–water partition coefficient (Wildman–Crippen LogP) is 2.74. The summed E-state index contributed by atoms with van der Waals surface area (Å²) in [5.74, 6) is 0.0308. The summed E-state index contributed by atoms with van der Waals surface area (Å²) in [6, 6.07) is 7.01. The van der Waals surface area contributed by atoms with E-state index in [1.54, 1.807) is 12.1 Å². The van der Waals surface area contributed by atoms with Crippen LogP contribution in [0.1, 0.15) is 19.8 Å². The fourth-order valence-electron chi connectivity index (χ4n) is 2.87. The number of carbonyl (C=O) groups excluding carboxylic acids is 1. The maximum absolute atomic E-state index is 11.9. The Kier molecular flexibility index (Phi) is 4.71. The zero-order valence-electron chi connectivity index (χ0n) is 12.6. The zero-order valence-corrected chi connectivity index (χ0v) is 15.0. The smallest absolute Gasteiger partial charge is 0.248 e. The first-order valence-corrected chi connectivity index (χ1v) is 10.5. The van der Waals surface area contributed by atoms with Gasteiger partial charge in [-0.2, -0.15) is 4.99 Å². The molecule has 3 rings (SSSR count). The molecule has 0 unspecified atom stereocenters. The maximum atomic E-state index is 11.9. The molecule has 1 amide bonds. The Labute approximate surface area is 145 Å². The summed E-state index contributed by atoms with van der Waals surface area (Å²) in [7, 11) is -3.05. The van der Waals surface area contributed by atoms with E-state index in [0.717, 1.165) is 12.1 Å². The van der Waals surface area contributed by atoms with Gasteiger partial charge in [-0.3, -0.25) is 4.79 Å². The van der Waals surface area contributed by atoms with Gasteiger partial charge in [0.25, 0.3) is 0 Å². The van der Waals surface area contributed by atoms with Crippen LogP contribution in [0.2, 0.25) is 5.02 Å². The molecule has 8 heteroatoms. The van der Waals surface area contributed by atoms with Crippen molar-refractivity contribution >= 4 is 50.0 Å². The molecule has 2 atom stereocenters. The number of amides is 1. The van der Waals surface area contributed by atoms with E-state index >= 15 is 0 Å². The van der Waals surface area contributed by atoms with E-state index < -0.39 is 9.84 Å². The molecule has 0 saturated carbocycles. The molecular formula is C15H17ClN2O3S2. The highest BCUT2D eigenvalue weighted by Crippen LogP contribution is 2.41. The van der Waals surface area contributed by atoms with Gasteiger partial charge in [0.15, 0.2) is 15.0 Å². The number of benzene rings is 1. The minimum Gasteiger partial charge on any atom is -0.316 e. The van der Waals surface area contributed by atoms with E-state index in [-0.39, 0.29) is 28.7 Å². The average Bonchev–Trinajstić information content (AvgIpc) is 2.89. The number of nitrogens with zero attached hydrogens (tertiary/aromatic N) is 2. The van der Waals surface area contributed by atoms with Crippen molar-refractivity contribution in [2.75, 3.05) is 16.4 Å². The van der Waals surface area contributed by atoms with E-state index in [1.165, 1.54) is 11.8 Å². The quantitative estimate of drug-likeness (QED) is 0.816. The highest BCUT2D eigenvalue weighted by atomic mass is 35.5. The molecule has 0 bridgehead atoms. The van der Waals surface area contributed by atoms with Crippen molar-refractivity contribution in [3.63, 3.8) is 0 Å². The Hall–Kier alpha value is -1.05.